The molecule has 0 bridgehead atoms. The number of rotatable bonds is 3. The van der Waals surface area contributed by atoms with Gasteiger partial charge in [-0.3, -0.25) is 14.4 Å². The third-order valence-electron chi connectivity index (χ3n) is 3.09. The van der Waals surface area contributed by atoms with Gasteiger partial charge in [0.15, 0.2) is 0 Å². The van der Waals surface area contributed by atoms with Gasteiger partial charge in [-0.15, -0.1) is 0 Å². The Kier molecular flexibility index (Phi) is 3.50. The molecular formula is C13H15N3O3. The lowest BCUT2D eigenvalue weighted by Crippen LogP contribution is -2.36. The second-order valence-corrected chi connectivity index (χ2v) is 4.59. The Labute approximate surface area is 110 Å². The molecule has 3 N–H and O–H groups in total. The Morgan fingerprint density at radius 1 is 1.37 bits per heavy atom. The maximum absolute atomic E-state index is 12.0. The van der Waals surface area contributed by atoms with Crippen molar-refractivity contribution in [3.63, 3.8) is 0 Å². The third-order valence-corrected chi connectivity index (χ3v) is 3.09. The van der Waals surface area contributed by atoms with Crippen LogP contribution in [0.4, 0.5) is 0 Å². The molecule has 1 aromatic rings. The Hall–Kier alpha value is -2.37. The number of likely N-dealkylation sites (tertiary alicyclic amines) is 1. The van der Waals surface area contributed by atoms with Gasteiger partial charge < -0.3 is 16.0 Å². The van der Waals surface area contributed by atoms with Crippen LogP contribution in [0.2, 0.25) is 0 Å². The van der Waals surface area contributed by atoms with Crippen LogP contribution in [-0.4, -0.2) is 42.3 Å². The highest BCUT2D eigenvalue weighted by molar-refractivity contribution is 5.99. The molecule has 6 nitrogen and oxygen atoms in total. The fraction of sp³-hybridized carbons (Fsp3) is 0.308. The Bertz CT molecular complexity index is 542. The SMILES string of the molecule is CN1CC(NC(=O)c2cccc(C(N)=O)c2)CC1=O. The number of nitrogens with zero attached hydrogens (tertiary/aromatic N) is 1. The summed E-state index contributed by atoms with van der Waals surface area (Å²) in [5, 5.41) is 2.77. The lowest BCUT2D eigenvalue weighted by atomic mass is 10.1. The van der Waals surface area contributed by atoms with Gasteiger partial charge in [0.25, 0.3) is 5.91 Å². The van der Waals surface area contributed by atoms with Crippen LogP contribution in [-0.2, 0) is 4.79 Å². The van der Waals surface area contributed by atoms with Gasteiger partial charge in [-0.25, -0.2) is 0 Å². The van der Waals surface area contributed by atoms with Crippen molar-refractivity contribution in [2.75, 3.05) is 13.6 Å². The number of amides is 3. The van der Waals surface area contributed by atoms with E-state index >= 15 is 0 Å². The number of hydrogen-bond acceptors (Lipinski definition) is 3. The molecule has 0 saturated carbocycles. The number of primary amides is 1. The molecule has 1 saturated heterocycles. The van der Waals surface area contributed by atoms with Crippen LogP contribution in [0.15, 0.2) is 24.3 Å². The molecular weight excluding hydrogens is 246 g/mol. The third kappa shape index (κ3) is 2.90. The first-order valence-electron chi connectivity index (χ1n) is 5.92. The van der Waals surface area contributed by atoms with Gasteiger partial charge in [0.05, 0.1) is 6.04 Å². The fourth-order valence-electron chi connectivity index (χ4n) is 2.04. The molecule has 2 rings (SSSR count). The van der Waals surface area contributed by atoms with Crippen molar-refractivity contribution in [2.24, 2.45) is 5.73 Å². The number of likely N-dealkylation sites (N-methyl/N-ethyl adjacent to an activating group) is 1. The van der Waals surface area contributed by atoms with E-state index in [0.29, 0.717) is 18.5 Å². The molecule has 1 fully saturated rings. The monoisotopic (exact) mass is 261 g/mol. The molecule has 0 aromatic heterocycles. The van der Waals surface area contributed by atoms with E-state index in [1.807, 2.05) is 0 Å². The van der Waals surface area contributed by atoms with Crippen molar-refractivity contribution in [2.45, 2.75) is 12.5 Å². The van der Waals surface area contributed by atoms with E-state index in [1.54, 1.807) is 30.1 Å². The van der Waals surface area contributed by atoms with Gasteiger partial charge >= 0.3 is 0 Å². The fourth-order valence-corrected chi connectivity index (χ4v) is 2.04. The zero-order chi connectivity index (χ0) is 14.0. The van der Waals surface area contributed by atoms with Gasteiger partial charge in [-0.1, -0.05) is 6.07 Å². The first-order chi connectivity index (χ1) is 8.97. The quantitative estimate of drug-likeness (QED) is 0.785. The smallest absolute Gasteiger partial charge is 0.251 e. The number of nitrogens with one attached hydrogen (secondary N) is 1. The number of carbonyl (C=O) groups is 3. The standard InChI is InChI=1S/C13H15N3O3/c1-16-7-10(6-11(16)17)15-13(19)9-4-2-3-8(5-9)12(14)18/h2-5,10H,6-7H2,1H3,(H2,14,18)(H,15,19). The van der Waals surface area contributed by atoms with Crippen molar-refractivity contribution < 1.29 is 14.4 Å². The highest BCUT2D eigenvalue weighted by Gasteiger charge is 2.28. The van der Waals surface area contributed by atoms with E-state index in [0.717, 1.165) is 0 Å². The zero-order valence-electron chi connectivity index (χ0n) is 10.6. The molecule has 1 aliphatic rings. The Morgan fingerprint density at radius 3 is 2.63 bits per heavy atom. The summed E-state index contributed by atoms with van der Waals surface area (Å²) in [7, 11) is 1.70. The number of hydrogen-bond donors (Lipinski definition) is 2. The van der Waals surface area contributed by atoms with Crippen LogP contribution in [0.3, 0.4) is 0 Å². The maximum atomic E-state index is 12.0. The second-order valence-electron chi connectivity index (χ2n) is 4.59. The van der Waals surface area contributed by atoms with Crippen molar-refractivity contribution in [1.82, 2.24) is 10.2 Å². The first kappa shape index (κ1) is 13.1. The molecule has 100 valence electrons. The average Bonchev–Trinajstić information content (AvgIpc) is 2.68. The van der Waals surface area contributed by atoms with Crippen LogP contribution in [0, 0.1) is 0 Å². The molecule has 0 aliphatic carbocycles. The Morgan fingerprint density at radius 2 is 2.05 bits per heavy atom. The number of benzene rings is 1. The number of nitrogens with two attached hydrogens (primary N) is 1. The molecule has 1 heterocycles. The minimum absolute atomic E-state index is 0.0104. The van der Waals surface area contributed by atoms with Crippen molar-refractivity contribution >= 4 is 17.7 Å². The lowest BCUT2D eigenvalue weighted by molar-refractivity contribution is -0.126. The maximum Gasteiger partial charge on any atom is 0.251 e. The normalized spacial score (nSPS) is 18.5. The van der Waals surface area contributed by atoms with Gasteiger partial charge in [0.1, 0.15) is 0 Å². The van der Waals surface area contributed by atoms with E-state index < -0.39 is 5.91 Å². The van der Waals surface area contributed by atoms with E-state index in [9.17, 15) is 14.4 Å². The summed E-state index contributed by atoms with van der Waals surface area (Å²) in [6.07, 6.45) is 0.303. The van der Waals surface area contributed by atoms with E-state index in [2.05, 4.69) is 5.32 Å². The molecule has 19 heavy (non-hydrogen) atoms. The predicted molar refractivity (Wildman–Crippen MR) is 68.5 cm³/mol. The zero-order valence-corrected chi connectivity index (χ0v) is 10.6. The van der Waals surface area contributed by atoms with Gasteiger partial charge in [-0.2, -0.15) is 0 Å². The topological polar surface area (TPSA) is 92.5 Å². The molecule has 0 spiro atoms. The first-order valence-corrected chi connectivity index (χ1v) is 5.92. The van der Waals surface area contributed by atoms with E-state index in [4.69, 9.17) is 5.73 Å². The number of carbonyl (C=O) groups excluding carboxylic acids is 3. The van der Waals surface area contributed by atoms with Crippen LogP contribution < -0.4 is 11.1 Å². The molecule has 1 aromatic carbocycles. The summed E-state index contributed by atoms with van der Waals surface area (Å²) >= 11 is 0. The van der Waals surface area contributed by atoms with E-state index in [-0.39, 0.29) is 23.4 Å². The lowest BCUT2D eigenvalue weighted by Gasteiger charge is -2.12. The molecule has 1 aliphatic heterocycles. The van der Waals surface area contributed by atoms with E-state index in [1.165, 1.54) is 6.07 Å². The minimum Gasteiger partial charge on any atom is -0.366 e. The average molecular weight is 261 g/mol. The van der Waals surface area contributed by atoms with Crippen molar-refractivity contribution in [1.29, 1.82) is 0 Å². The van der Waals surface area contributed by atoms with Crippen LogP contribution in [0.25, 0.3) is 0 Å². The van der Waals surface area contributed by atoms with Gasteiger partial charge in [0.2, 0.25) is 11.8 Å². The Balaban J connectivity index is 2.06. The van der Waals surface area contributed by atoms with Crippen LogP contribution in [0.1, 0.15) is 27.1 Å². The highest BCUT2D eigenvalue weighted by Crippen LogP contribution is 2.10. The largest absolute Gasteiger partial charge is 0.366 e. The molecule has 0 radical (unpaired) electrons. The molecule has 1 unspecified atom stereocenters. The van der Waals surface area contributed by atoms with Gasteiger partial charge in [-0.05, 0) is 18.2 Å². The molecule has 1 atom stereocenters. The predicted octanol–water partition coefficient (Wildman–Crippen LogP) is -0.254. The van der Waals surface area contributed by atoms with Crippen molar-refractivity contribution in [3.8, 4) is 0 Å². The summed E-state index contributed by atoms with van der Waals surface area (Å²) in [6, 6.07) is 6.00. The summed E-state index contributed by atoms with van der Waals surface area (Å²) in [4.78, 5) is 36.0. The molecule has 6 heteroatoms. The van der Waals surface area contributed by atoms with Crippen LogP contribution >= 0.6 is 0 Å². The summed E-state index contributed by atoms with van der Waals surface area (Å²) in [6.45, 7) is 0.500. The second kappa shape index (κ2) is 5.09. The van der Waals surface area contributed by atoms with Gasteiger partial charge in [0, 0.05) is 31.1 Å². The minimum atomic E-state index is -0.578. The highest BCUT2D eigenvalue weighted by atomic mass is 16.2. The summed E-state index contributed by atoms with van der Waals surface area (Å²) in [5.41, 5.74) is 5.80. The summed E-state index contributed by atoms with van der Waals surface area (Å²) < 4.78 is 0. The van der Waals surface area contributed by atoms with Crippen LogP contribution in [0.5, 0.6) is 0 Å². The molecule has 3 amide bonds. The van der Waals surface area contributed by atoms with Crippen molar-refractivity contribution in [3.05, 3.63) is 35.4 Å². The summed E-state index contributed by atoms with van der Waals surface area (Å²) in [5.74, 6) is -0.877.